The molecule has 0 unspecified atom stereocenters. The Morgan fingerprint density at radius 2 is 1.67 bits per heavy atom. The number of hydrogen-bond donors (Lipinski definition) is 2. The van der Waals surface area contributed by atoms with Crippen LogP contribution in [-0.4, -0.2) is 36.4 Å². The number of carbonyl (C=O) groups excluding carboxylic acids is 1. The van der Waals surface area contributed by atoms with Gasteiger partial charge in [0.1, 0.15) is 25.0 Å². The maximum absolute atomic E-state index is 12.5. The first-order valence-corrected chi connectivity index (χ1v) is 10.7. The molecule has 0 aromatic heterocycles. The molecule has 1 aliphatic carbocycles. The molecule has 0 aliphatic heterocycles. The second-order valence-electron chi connectivity index (χ2n) is 7.81. The Hall–Kier alpha value is -4.06. The van der Waals surface area contributed by atoms with Crippen LogP contribution in [0.4, 0.5) is 4.79 Å². The second-order valence-corrected chi connectivity index (χ2v) is 7.81. The number of rotatable bonds is 9. The zero-order valence-electron chi connectivity index (χ0n) is 18.1. The van der Waals surface area contributed by atoms with E-state index in [1.54, 1.807) is 30.3 Å². The van der Waals surface area contributed by atoms with Crippen LogP contribution in [0, 0.1) is 0 Å². The highest BCUT2D eigenvalue weighted by Gasteiger charge is 2.29. The highest BCUT2D eigenvalue weighted by molar-refractivity contribution is 5.81. The van der Waals surface area contributed by atoms with Crippen LogP contribution in [0.2, 0.25) is 0 Å². The Bertz CT molecular complexity index is 1130. The van der Waals surface area contributed by atoms with Gasteiger partial charge in [-0.1, -0.05) is 73.3 Å². The van der Waals surface area contributed by atoms with Gasteiger partial charge in [0.25, 0.3) is 0 Å². The minimum Gasteiger partial charge on any atom is -0.490 e. The molecule has 3 aromatic rings. The van der Waals surface area contributed by atoms with Crippen LogP contribution in [-0.2, 0) is 16.0 Å². The molecule has 0 saturated heterocycles. The van der Waals surface area contributed by atoms with Crippen molar-refractivity contribution in [2.24, 2.45) is 0 Å². The number of carboxylic acids is 1. The first-order valence-electron chi connectivity index (χ1n) is 10.7. The lowest BCUT2D eigenvalue weighted by Crippen LogP contribution is -2.42. The van der Waals surface area contributed by atoms with E-state index >= 15 is 0 Å². The summed E-state index contributed by atoms with van der Waals surface area (Å²) in [5.41, 5.74) is 5.17. The molecular formula is C27H25NO5. The van der Waals surface area contributed by atoms with Crippen LogP contribution >= 0.6 is 0 Å². The number of fused-ring (bicyclic) bond motifs is 3. The van der Waals surface area contributed by atoms with Gasteiger partial charge in [-0.3, -0.25) is 0 Å². The van der Waals surface area contributed by atoms with Crippen molar-refractivity contribution in [2.75, 3.05) is 13.2 Å². The molecule has 4 rings (SSSR count). The lowest BCUT2D eigenvalue weighted by Gasteiger charge is -2.18. The molecule has 6 heteroatoms. The first-order chi connectivity index (χ1) is 16.1. The van der Waals surface area contributed by atoms with E-state index in [4.69, 9.17) is 9.47 Å². The minimum absolute atomic E-state index is 0.0925. The van der Waals surface area contributed by atoms with Crippen molar-refractivity contribution >= 4 is 12.1 Å². The number of alkyl carbamates (subject to hydrolysis) is 1. The van der Waals surface area contributed by atoms with Gasteiger partial charge in [-0.15, -0.1) is 0 Å². The summed E-state index contributed by atoms with van der Waals surface area (Å²) >= 11 is 0. The van der Waals surface area contributed by atoms with Crippen molar-refractivity contribution in [1.82, 2.24) is 5.32 Å². The van der Waals surface area contributed by atoms with E-state index in [0.29, 0.717) is 12.4 Å². The largest absolute Gasteiger partial charge is 0.490 e. The molecule has 0 fully saturated rings. The summed E-state index contributed by atoms with van der Waals surface area (Å²) < 4.78 is 11.0. The number of amides is 1. The van der Waals surface area contributed by atoms with Gasteiger partial charge in [0.2, 0.25) is 0 Å². The van der Waals surface area contributed by atoms with E-state index in [2.05, 4.69) is 24.0 Å². The van der Waals surface area contributed by atoms with Crippen LogP contribution in [0.1, 0.15) is 22.6 Å². The molecule has 0 radical (unpaired) electrons. The summed E-state index contributed by atoms with van der Waals surface area (Å²) in [5.74, 6) is -0.622. The highest BCUT2D eigenvalue weighted by atomic mass is 16.5. The number of carboxylic acid groups (broad SMARTS) is 1. The van der Waals surface area contributed by atoms with Gasteiger partial charge < -0.3 is 19.9 Å². The molecule has 2 N–H and O–H groups in total. The van der Waals surface area contributed by atoms with Crippen molar-refractivity contribution in [3.8, 4) is 16.9 Å². The molecule has 0 heterocycles. The monoisotopic (exact) mass is 443 g/mol. The molecular weight excluding hydrogens is 418 g/mol. The zero-order valence-corrected chi connectivity index (χ0v) is 18.1. The summed E-state index contributed by atoms with van der Waals surface area (Å²) in [6, 6.07) is 22.0. The fraction of sp³-hybridized carbons (Fsp3) is 0.185. The highest BCUT2D eigenvalue weighted by Crippen LogP contribution is 2.44. The van der Waals surface area contributed by atoms with Gasteiger partial charge in [0.05, 0.1) is 0 Å². The number of carbonyl (C=O) groups is 2. The van der Waals surface area contributed by atoms with Crippen molar-refractivity contribution in [3.63, 3.8) is 0 Å². The van der Waals surface area contributed by atoms with Crippen molar-refractivity contribution < 1.29 is 24.2 Å². The molecule has 1 aliphatic rings. The van der Waals surface area contributed by atoms with E-state index in [1.165, 1.54) is 0 Å². The third kappa shape index (κ3) is 5.06. The van der Waals surface area contributed by atoms with Crippen LogP contribution in [0.3, 0.4) is 0 Å². The SMILES string of the molecule is C=CCOc1cccc(C[C@@H](NC(=O)OCC2c3ccccc3-c3ccccc32)C(=O)O)c1. The van der Waals surface area contributed by atoms with Gasteiger partial charge >= 0.3 is 12.1 Å². The smallest absolute Gasteiger partial charge is 0.407 e. The van der Waals surface area contributed by atoms with E-state index in [-0.39, 0.29) is 18.9 Å². The lowest BCUT2D eigenvalue weighted by molar-refractivity contribution is -0.139. The fourth-order valence-corrected chi connectivity index (χ4v) is 4.14. The van der Waals surface area contributed by atoms with Gasteiger partial charge in [-0.25, -0.2) is 9.59 Å². The van der Waals surface area contributed by atoms with E-state index < -0.39 is 18.1 Å². The molecule has 0 spiro atoms. The standard InChI is InChI=1S/C27H25NO5/c1-2-14-32-19-9-7-8-18(15-19)16-25(26(29)30)28-27(31)33-17-24-22-12-5-3-10-20(22)21-11-4-6-13-23(21)24/h2-13,15,24-25H,1,14,16-17H2,(H,28,31)(H,29,30)/t25-/m1/s1. The molecule has 0 saturated carbocycles. The number of ether oxygens (including phenoxy) is 2. The minimum atomic E-state index is -1.14. The normalized spacial score (nSPS) is 12.8. The Labute approximate surface area is 192 Å². The third-order valence-electron chi connectivity index (χ3n) is 5.64. The van der Waals surface area contributed by atoms with Crippen LogP contribution in [0.25, 0.3) is 11.1 Å². The lowest BCUT2D eigenvalue weighted by atomic mass is 9.98. The average Bonchev–Trinajstić information content (AvgIpc) is 3.15. The van der Waals surface area contributed by atoms with Crippen molar-refractivity contribution in [1.29, 1.82) is 0 Å². The fourth-order valence-electron chi connectivity index (χ4n) is 4.14. The molecule has 1 amide bonds. The maximum Gasteiger partial charge on any atom is 0.407 e. The van der Waals surface area contributed by atoms with Crippen LogP contribution < -0.4 is 10.1 Å². The predicted octanol–water partition coefficient (Wildman–Crippen LogP) is 4.79. The zero-order chi connectivity index (χ0) is 23.2. The topological polar surface area (TPSA) is 84.9 Å². The summed E-state index contributed by atoms with van der Waals surface area (Å²) in [5, 5.41) is 12.1. The first kappa shape index (κ1) is 22.1. The Morgan fingerprint density at radius 1 is 1.00 bits per heavy atom. The summed E-state index contributed by atoms with van der Waals surface area (Å²) in [6.07, 6.45) is 0.972. The molecule has 168 valence electrons. The summed E-state index contributed by atoms with van der Waals surface area (Å²) in [6.45, 7) is 4.08. The number of aliphatic carboxylic acids is 1. The summed E-state index contributed by atoms with van der Waals surface area (Å²) in [4.78, 5) is 24.3. The third-order valence-corrected chi connectivity index (χ3v) is 5.64. The predicted molar refractivity (Wildman–Crippen MR) is 125 cm³/mol. The number of nitrogens with one attached hydrogen (secondary N) is 1. The van der Waals surface area contributed by atoms with Gasteiger partial charge in [0, 0.05) is 12.3 Å². The Kier molecular flexibility index (Phi) is 6.74. The van der Waals surface area contributed by atoms with E-state index in [1.807, 2.05) is 36.4 Å². The second kappa shape index (κ2) is 10.0. The number of hydrogen-bond acceptors (Lipinski definition) is 4. The van der Waals surface area contributed by atoms with Crippen LogP contribution in [0.5, 0.6) is 5.75 Å². The van der Waals surface area contributed by atoms with Gasteiger partial charge in [0.15, 0.2) is 0 Å². The Morgan fingerprint density at radius 3 is 2.30 bits per heavy atom. The Balaban J connectivity index is 1.40. The van der Waals surface area contributed by atoms with Gasteiger partial charge in [-0.05, 0) is 39.9 Å². The maximum atomic E-state index is 12.5. The van der Waals surface area contributed by atoms with Crippen LogP contribution in [0.15, 0.2) is 85.5 Å². The molecule has 33 heavy (non-hydrogen) atoms. The molecule has 3 aromatic carbocycles. The average molecular weight is 443 g/mol. The van der Waals surface area contributed by atoms with E-state index in [0.717, 1.165) is 27.8 Å². The molecule has 1 atom stereocenters. The summed E-state index contributed by atoms with van der Waals surface area (Å²) in [7, 11) is 0. The van der Waals surface area contributed by atoms with Crippen molar-refractivity contribution in [3.05, 3.63) is 102 Å². The quantitative estimate of drug-likeness (QED) is 0.465. The van der Waals surface area contributed by atoms with Gasteiger partial charge in [-0.2, -0.15) is 0 Å². The molecule has 0 bridgehead atoms. The number of benzene rings is 3. The van der Waals surface area contributed by atoms with E-state index in [9.17, 15) is 14.7 Å². The van der Waals surface area contributed by atoms with Crippen molar-refractivity contribution in [2.45, 2.75) is 18.4 Å². The molecule has 6 nitrogen and oxygen atoms in total.